The molecule has 0 fully saturated rings. The normalized spacial score (nSPS) is 10.8. The lowest BCUT2D eigenvalue weighted by atomic mass is 9.86. The van der Waals surface area contributed by atoms with E-state index in [0.29, 0.717) is 33.8 Å². The molecule has 0 bridgehead atoms. The van der Waals surface area contributed by atoms with Crippen LogP contribution in [0.2, 0.25) is 0 Å². The summed E-state index contributed by atoms with van der Waals surface area (Å²) in [5.74, 6) is 0.784. The van der Waals surface area contributed by atoms with Crippen molar-refractivity contribution in [2.24, 2.45) is 0 Å². The van der Waals surface area contributed by atoms with E-state index in [9.17, 15) is 10.1 Å². The van der Waals surface area contributed by atoms with Crippen LogP contribution in [0.3, 0.4) is 0 Å². The van der Waals surface area contributed by atoms with Crippen LogP contribution >= 0.6 is 15.9 Å². The fourth-order valence-corrected chi connectivity index (χ4v) is 2.93. The number of methoxy groups -OCH3 is 1. The number of nitriles is 1. The largest absolute Gasteiger partial charge is 0.493 e. The standard InChI is InChI=1S/C20H21BrN2O3/c1-5-26-18-16(21)10-13(11-17(18)25-4)19(24)23-15-8-6-14(7-9-15)20(2,3)12-22/h6-11H,5H2,1-4H3,(H,23,24). The average molecular weight is 417 g/mol. The highest BCUT2D eigenvalue weighted by molar-refractivity contribution is 9.10. The van der Waals surface area contributed by atoms with E-state index in [0.717, 1.165) is 5.56 Å². The Morgan fingerprint density at radius 1 is 1.27 bits per heavy atom. The summed E-state index contributed by atoms with van der Waals surface area (Å²) in [6.45, 7) is 6.07. The Labute approximate surface area is 162 Å². The summed E-state index contributed by atoms with van der Waals surface area (Å²) in [5.41, 5.74) is 1.41. The van der Waals surface area contributed by atoms with Crippen molar-refractivity contribution < 1.29 is 14.3 Å². The molecule has 2 rings (SSSR count). The van der Waals surface area contributed by atoms with E-state index < -0.39 is 5.41 Å². The molecule has 0 atom stereocenters. The maximum atomic E-state index is 12.6. The molecule has 0 aliphatic rings. The van der Waals surface area contributed by atoms with Crippen molar-refractivity contribution in [1.82, 2.24) is 0 Å². The predicted octanol–water partition coefficient (Wildman–Crippen LogP) is 4.91. The average Bonchev–Trinajstić information content (AvgIpc) is 2.63. The fraction of sp³-hybridized carbons (Fsp3) is 0.300. The summed E-state index contributed by atoms with van der Waals surface area (Å²) in [6.07, 6.45) is 0. The second-order valence-corrected chi connectivity index (χ2v) is 7.05. The van der Waals surface area contributed by atoms with Crippen LogP contribution in [0.25, 0.3) is 0 Å². The number of hydrogen-bond donors (Lipinski definition) is 1. The second-order valence-electron chi connectivity index (χ2n) is 6.19. The van der Waals surface area contributed by atoms with Crippen molar-refractivity contribution in [3.8, 4) is 17.6 Å². The van der Waals surface area contributed by atoms with E-state index >= 15 is 0 Å². The van der Waals surface area contributed by atoms with Crippen LogP contribution in [0.15, 0.2) is 40.9 Å². The van der Waals surface area contributed by atoms with Crippen molar-refractivity contribution in [3.63, 3.8) is 0 Å². The van der Waals surface area contributed by atoms with Gasteiger partial charge >= 0.3 is 0 Å². The lowest BCUT2D eigenvalue weighted by Crippen LogP contribution is -2.15. The molecule has 0 heterocycles. The third-order valence-electron chi connectivity index (χ3n) is 3.92. The van der Waals surface area contributed by atoms with Gasteiger partial charge in [-0.3, -0.25) is 4.79 Å². The van der Waals surface area contributed by atoms with Gasteiger partial charge in [-0.15, -0.1) is 0 Å². The summed E-state index contributed by atoms with van der Waals surface area (Å²) in [4.78, 5) is 12.6. The first-order chi connectivity index (χ1) is 12.3. The molecule has 0 aliphatic carbocycles. The number of hydrogen-bond acceptors (Lipinski definition) is 4. The van der Waals surface area contributed by atoms with Gasteiger partial charge in [-0.05, 0) is 66.5 Å². The Morgan fingerprint density at radius 2 is 1.92 bits per heavy atom. The van der Waals surface area contributed by atoms with Crippen LogP contribution in [0, 0.1) is 11.3 Å². The summed E-state index contributed by atoms with van der Waals surface area (Å²) in [6, 6.07) is 12.8. The molecule has 5 nitrogen and oxygen atoms in total. The summed E-state index contributed by atoms with van der Waals surface area (Å²) < 4.78 is 11.5. The molecule has 0 saturated heterocycles. The lowest BCUT2D eigenvalue weighted by molar-refractivity contribution is 0.102. The molecule has 0 aromatic heterocycles. The van der Waals surface area contributed by atoms with Crippen LogP contribution < -0.4 is 14.8 Å². The Bertz CT molecular complexity index is 839. The lowest BCUT2D eigenvalue weighted by Gasteiger charge is -2.16. The smallest absolute Gasteiger partial charge is 0.255 e. The van der Waals surface area contributed by atoms with Crippen LogP contribution in [-0.2, 0) is 5.41 Å². The molecule has 136 valence electrons. The van der Waals surface area contributed by atoms with Gasteiger partial charge in [0.25, 0.3) is 5.91 Å². The van der Waals surface area contributed by atoms with Gasteiger partial charge in [0.2, 0.25) is 0 Å². The predicted molar refractivity (Wildman–Crippen MR) is 105 cm³/mol. The van der Waals surface area contributed by atoms with Crippen LogP contribution in [0.5, 0.6) is 11.5 Å². The Kier molecular flexibility index (Phi) is 6.27. The molecule has 0 unspecified atom stereocenters. The maximum Gasteiger partial charge on any atom is 0.255 e. The van der Waals surface area contributed by atoms with Crippen molar-refractivity contribution in [3.05, 3.63) is 52.0 Å². The summed E-state index contributed by atoms with van der Waals surface area (Å²) in [7, 11) is 1.53. The van der Waals surface area contributed by atoms with E-state index in [1.165, 1.54) is 7.11 Å². The van der Waals surface area contributed by atoms with E-state index in [-0.39, 0.29) is 5.91 Å². The number of ether oxygens (including phenoxy) is 2. The molecule has 2 aromatic carbocycles. The SMILES string of the molecule is CCOc1c(Br)cc(C(=O)Nc2ccc(C(C)(C)C#N)cc2)cc1OC. The zero-order valence-electron chi connectivity index (χ0n) is 15.2. The van der Waals surface area contributed by atoms with E-state index in [4.69, 9.17) is 9.47 Å². The fourth-order valence-electron chi connectivity index (χ4n) is 2.37. The van der Waals surface area contributed by atoms with Gasteiger partial charge in [0, 0.05) is 11.3 Å². The van der Waals surface area contributed by atoms with Gasteiger partial charge in [0.1, 0.15) is 0 Å². The molecule has 0 aliphatic heterocycles. The summed E-state index contributed by atoms with van der Waals surface area (Å²) >= 11 is 3.42. The van der Waals surface area contributed by atoms with E-state index in [1.54, 1.807) is 24.3 Å². The number of nitrogens with zero attached hydrogens (tertiary/aromatic N) is 1. The van der Waals surface area contributed by atoms with Crippen molar-refractivity contribution in [2.45, 2.75) is 26.2 Å². The van der Waals surface area contributed by atoms with Gasteiger partial charge in [0.05, 0.1) is 29.7 Å². The Balaban J connectivity index is 2.23. The minimum Gasteiger partial charge on any atom is -0.493 e. The van der Waals surface area contributed by atoms with E-state index in [2.05, 4.69) is 27.3 Å². The minimum atomic E-state index is -0.574. The molecule has 1 N–H and O–H groups in total. The molecule has 0 spiro atoms. The van der Waals surface area contributed by atoms with Crippen LogP contribution in [-0.4, -0.2) is 19.6 Å². The third kappa shape index (κ3) is 4.36. The first kappa shape index (κ1) is 19.8. The Hall–Kier alpha value is -2.52. The highest BCUT2D eigenvalue weighted by Gasteiger charge is 2.20. The van der Waals surface area contributed by atoms with Gasteiger partial charge < -0.3 is 14.8 Å². The number of amides is 1. The number of carbonyl (C=O) groups is 1. The summed E-state index contributed by atoms with van der Waals surface area (Å²) in [5, 5.41) is 12.0. The first-order valence-corrected chi connectivity index (χ1v) is 8.95. The molecular weight excluding hydrogens is 396 g/mol. The van der Waals surface area contributed by atoms with E-state index in [1.807, 2.05) is 32.9 Å². The van der Waals surface area contributed by atoms with Gasteiger partial charge in [-0.25, -0.2) is 0 Å². The molecular formula is C20H21BrN2O3. The molecule has 0 radical (unpaired) electrons. The third-order valence-corrected chi connectivity index (χ3v) is 4.51. The first-order valence-electron chi connectivity index (χ1n) is 8.16. The van der Waals surface area contributed by atoms with Gasteiger partial charge in [0.15, 0.2) is 11.5 Å². The number of rotatable bonds is 6. The maximum absolute atomic E-state index is 12.6. The molecule has 1 amide bonds. The van der Waals surface area contributed by atoms with Crippen LogP contribution in [0.4, 0.5) is 5.69 Å². The number of anilines is 1. The quantitative estimate of drug-likeness (QED) is 0.725. The molecule has 6 heteroatoms. The second kappa shape index (κ2) is 8.24. The molecule has 0 saturated carbocycles. The highest BCUT2D eigenvalue weighted by atomic mass is 79.9. The zero-order valence-corrected chi connectivity index (χ0v) is 16.8. The number of nitrogens with one attached hydrogen (secondary N) is 1. The molecule has 26 heavy (non-hydrogen) atoms. The van der Waals surface area contributed by atoms with Crippen LogP contribution in [0.1, 0.15) is 36.7 Å². The van der Waals surface area contributed by atoms with Gasteiger partial charge in [-0.1, -0.05) is 12.1 Å². The van der Waals surface area contributed by atoms with Crippen molar-refractivity contribution >= 4 is 27.5 Å². The van der Waals surface area contributed by atoms with Gasteiger partial charge in [-0.2, -0.15) is 5.26 Å². The van der Waals surface area contributed by atoms with Crippen molar-refractivity contribution in [2.75, 3.05) is 19.0 Å². The zero-order chi connectivity index (χ0) is 19.3. The minimum absolute atomic E-state index is 0.264. The highest BCUT2D eigenvalue weighted by Crippen LogP contribution is 2.36. The topological polar surface area (TPSA) is 71.3 Å². The number of halogens is 1. The monoisotopic (exact) mass is 416 g/mol. The number of benzene rings is 2. The van der Waals surface area contributed by atoms with Crippen molar-refractivity contribution in [1.29, 1.82) is 5.26 Å². The Morgan fingerprint density at radius 3 is 2.46 bits per heavy atom. The molecule has 2 aromatic rings. The number of carbonyl (C=O) groups excluding carboxylic acids is 1.